The van der Waals surface area contributed by atoms with Crippen molar-refractivity contribution in [3.8, 4) is 0 Å². The third-order valence-corrected chi connectivity index (χ3v) is 5.78. The molecule has 2 heterocycles. The van der Waals surface area contributed by atoms with Crippen molar-refractivity contribution in [3.05, 3.63) is 0 Å². The van der Waals surface area contributed by atoms with Crippen LogP contribution in [-0.2, 0) is 4.74 Å². The Morgan fingerprint density at radius 2 is 2.14 bits per heavy atom. The Hall–Kier alpha value is -0.160. The molecule has 1 aliphatic carbocycles. The number of nitrogens with one attached hydrogen (secondary N) is 2. The highest BCUT2D eigenvalue weighted by atomic mass is 16.5. The first kappa shape index (κ1) is 15.7. The zero-order chi connectivity index (χ0) is 14.5. The minimum Gasteiger partial charge on any atom is -0.379 e. The van der Waals surface area contributed by atoms with Gasteiger partial charge in [-0.05, 0) is 45.1 Å². The SMILES string of the molecule is CC1CCCCN1CCNC1CCCC1C1COCCN1. The van der Waals surface area contributed by atoms with E-state index in [-0.39, 0.29) is 0 Å². The standard InChI is InChI=1S/C17H33N3O/c1-14-5-2-3-10-20(14)11-8-18-16-7-4-6-15(16)17-13-21-12-9-19-17/h14-19H,2-13H2,1H3. The van der Waals surface area contributed by atoms with Crippen LogP contribution in [0.1, 0.15) is 45.4 Å². The topological polar surface area (TPSA) is 36.5 Å². The smallest absolute Gasteiger partial charge is 0.0623 e. The van der Waals surface area contributed by atoms with Gasteiger partial charge in [-0.2, -0.15) is 0 Å². The number of morpholine rings is 1. The van der Waals surface area contributed by atoms with Gasteiger partial charge in [-0.15, -0.1) is 0 Å². The van der Waals surface area contributed by atoms with Gasteiger partial charge in [-0.25, -0.2) is 0 Å². The first-order valence-corrected chi connectivity index (χ1v) is 9.13. The molecule has 2 N–H and O–H groups in total. The fourth-order valence-corrected chi connectivity index (χ4v) is 4.47. The predicted molar refractivity (Wildman–Crippen MR) is 86.6 cm³/mol. The summed E-state index contributed by atoms with van der Waals surface area (Å²) < 4.78 is 5.66. The van der Waals surface area contributed by atoms with Crippen LogP contribution in [-0.4, -0.2) is 62.4 Å². The van der Waals surface area contributed by atoms with E-state index < -0.39 is 0 Å². The van der Waals surface area contributed by atoms with Crippen LogP contribution in [0.15, 0.2) is 0 Å². The van der Waals surface area contributed by atoms with Crippen LogP contribution in [0.2, 0.25) is 0 Å². The van der Waals surface area contributed by atoms with Gasteiger partial charge in [-0.1, -0.05) is 12.8 Å². The van der Waals surface area contributed by atoms with Crippen LogP contribution >= 0.6 is 0 Å². The molecule has 0 spiro atoms. The van der Waals surface area contributed by atoms with Gasteiger partial charge in [0.15, 0.2) is 0 Å². The second-order valence-electron chi connectivity index (χ2n) is 7.17. The van der Waals surface area contributed by atoms with Crippen LogP contribution in [0.4, 0.5) is 0 Å². The summed E-state index contributed by atoms with van der Waals surface area (Å²) in [6, 6.07) is 2.06. The zero-order valence-electron chi connectivity index (χ0n) is 13.7. The number of nitrogens with zero attached hydrogens (tertiary/aromatic N) is 1. The average Bonchev–Trinajstić information content (AvgIpc) is 2.99. The minimum atomic E-state index is 0.577. The Balaban J connectivity index is 1.41. The van der Waals surface area contributed by atoms with Crippen molar-refractivity contribution in [2.45, 2.75) is 63.6 Å². The Morgan fingerprint density at radius 3 is 2.95 bits per heavy atom. The van der Waals surface area contributed by atoms with Crippen LogP contribution in [0.5, 0.6) is 0 Å². The third kappa shape index (κ3) is 4.19. The number of hydrogen-bond acceptors (Lipinski definition) is 4. The minimum absolute atomic E-state index is 0.577. The fraction of sp³-hybridized carbons (Fsp3) is 1.00. The molecule has 2 saturated heterocycles. The van der Waals surface area contributed by atoms with Crippen molar-refractivity contribution in [1.82, 2.24) is 15.5 Å². The lowest BCUT2D eigenvalue weighted by Gasteiger charge is -2.35. The Morgan fingerprint density at radius 1 is 1.19 bits per heavy atom. The first-order chi connectivity index (χ1) is 10.3. The van der Waals surface area contributed by atoms with Gasteiger partial charge in [0, 0.05) is 37.8 Å². The van der Waals surface area contributed by atoms with E-state index in [0.717, 1.165) is 38.3 Å². The van der Waals surface area contributed by atoms with Crippen molar-refractivity contribution in [2.75, 3.05) is 39.4 Å². The number of hydrogen-bond donors (Lipinski definition) is 2. The van der Waals surface area contributed by atoms with E-state index in [1.165, 1.54) is 51.6 Å². The zero-order valence-corrected chi connectivity index (χ0v) is 13.7. The summed E-state index contributed by atoms with van der Waals surface area (Å²) in [6.45, 7) is 8.88. The van der Waals surface area contributed by atoms with E-state index in [1.54, 1.807) is 0 Å². The van der Waals surface area contributed by atoms with E-state index in [1.807, 2.05) is 0 Å². The number of rotatable bonds is 5. The normalized spacial score (nSPS) is 38.7. The Kier molecular flexibility index (Phi) is 5.92. The third-order valence-electron chi connectivity index (χ3n) is 5.78. The summed E-state index contributed by atoms with van der Waals surface area (Å²) in [6.07, 6.45) is 8.27. The number of ether oxygens (including phenoxy) is 1. The van der Waals surface area contributed by atoms with Crippen molar-refractivity contribution >= 4 is 0 Å². The monoisotopic (exact) mass is 295 g/mol. The first-order valence-electron chi connectivity index (χ1n) is 9.13. The molecular formula is C17H33N3O. The summed E-state index contributed by atoms with van der Waals surface area (Å²) in [5.41, 5.74) is 0. The fourth-order valence-electron chi connectivity index (χ4n) is 4.47. The van der Waals surface area contributed by atoms with Gasteiger partial charge >= 0.3 is 0 Å². The maximum atomic E-state index is 5.66. The van der Waals surface area contributed by atoms with Gasteiger partial charge in [0.2, 0.25) is 0 Å². The molecule has 4 unspecified atom stereocenters. The second-order valence-corrected chi connectivity index (χ2v) is 7.17. The molecule has 2 aliphatic heterocycles. The molecule has 4 heteroatoms. The van der Waals surface area contributed by atoms with Gasteiger partial charge in [-0.3, -0.25) is 4.90 Å². The summed E-state index contributed by atoms with van der Waals surface area (Å²) >= 11 is 0. The molecule has 0 amide bonds. The van der Waals surface area contributed by atoms with Crippen LogP contribution in [0.3, 0.4) is 0 Å². The van der Waals surface area contributed by atoms with Crippen molar-refractivity contribution < 1.29 is 4.74 Å². The van der Waals surface area contributed by atoms with E-state index in [4.69, 9.17) is 4.74 Å². The van der Waals surface area contributed by atoms with Crippen molar-refractivity contribution in [3.63, 3.8) is 0 Å². The Bertz CT molecular complexity index is 306. The highest BCUT2D eigenvalue weighted by Gasteiger charge is 2.34. The summed E-state index contributed by atoms with van der Waals surface area (Å²) in [7, 11) is 0. The molecule has 4 atom stereocenters. The second kappa shape index (κ2) is 7.91. The molecule has 4 nitrogen and oxygen atoms in total. The summed E-state index contributed by atoms with van der Waals surface area (Å²) in [5.74, 6) is 0.768. The van der Waals surface area contributed by atoms with Crippen molar-refractivity contribution in [1.29, 1.82) is 0 Å². The Labute approximate surface area is 130 Å². The predicted octanol–water partition coefficient (Wildman–Crippen LogP) is 1.61. The molecule has 3 fully saturated rings. The van der Waals surface area contributed by atoms with Crippen LogP contribution in [0.25, 0.3) is 0 Å². The van der Waals surface area contributed by atoms with Crippen LogP contribution < -0.4 is 10.6 Å². The lowest BCUT2D eigenvalue weighted by Crippen LogP contribution is -2.52. The van der Waals surface area contributed by atoms with Gasteiger partial charge in [0.05, 0.1) is 13.2 Å². The van der Waals surface area contributed by atoms with E-state index in [0.29, 0.717) is 12.1 Å². The van der Waals surface area contributed by atoms with E-state index >= 15 is 0 Å². The molecule has 0 aromatic heterocycles. The highest BCUT2D eigenvalue weighted by Crippen LogP contribution is 2.29. The van der Waals surface area contributed by atoms with Gasteiger partial charge in [0.25, 0.3) is 0 Å². The maximum absolute atomic E-state index is 5.66. The molecule has 0 aromatic carbocycles. The molecule has 0 radical (unpaired) electrons. The van der Waals surface area contributed by atoms with Crippen LogP contribution in [0, 0.1) is 5.92 Å². The average molecular weight is 295 g/mol. The maximum Gasteiger partial charge on any atom is 0.0623 e. The van der Waals surface area contributed by atoms with Gasteiger partial charge in [0.1, 0.15) is 0 Å². The molecule has 0 aromatic rings. The molecule has 1 saturated carbocycles. The van der Waals surface area contributed by atoms with Crippen molar-refractivity contribution in [2.24, 2.45) is 5.92 Å². The highest BCUT2D eigenvalue weighted by molar-refractivity contribution is 4.92. The molecule has 3 aliphatic rings. The molecule has 122 valence electrons. The molecular weight excluding hydrogens is 262 g/mol. The van der Waals surface area contributed by atoms with E-state index in [2.05, 4.69) is 22.5 Å². The van der Waals surface area contributed by atoms with E-state index in [9.17, 15) is 0 Å². The van der Waals surface area contributed by atoms with Gasteiger partial charge < -0.3 is 15.4 Å². The molecule has 21 heavy (non-hydrogen) atoms. The lowest BCUT2D eigenvalue weighted by molar-refractivity contribution is 0.0521. The largest absolute Gasteiger partial charge is 0.379 e. The summed E-state index contributed by atoms with van der Waals surface area (Å²) in [4.78, 5) is 2.67. The molecule has 3 rings (SSSR count). The molecule has 0 bridgehead atoms. The number of piperidine rings is 1. The lowest BCUT2D eigenvalue weighted by atomic mass is 9.94. The number of likely N-dealkylation sites (tertiary alicyclic amines) is 1. The quantitative estimate of drug-likeness (QED) is 0.808. The summed E-state index contributed by atoms with van der Waals surface area (Å²) in [5, 5.41) is 7.52.